The fourth-order valence-electron chi connectivity index (χ4n) is 5.93. The maximum Gasteiger partial charge on any atom is 0.0346 e. The summed E-state index contributed by atoms with van der Waals surface area (Å²) in [7, 11) is 0. The minimum atomic E-state index is 0.0959. The highest BCUT2D eigenvalue weighted by atomic mass is 14.6. The SMILES string of the molecule is Cc1ccc(-c2cc(-c3ccc(-c4cccnc4)cc3)c3ccc4cc(C(C)(C)C)cc5ccc2c3c54)cc1. The Morgan fingerprint density at radius 2 is 1.10 bits per heavy atom. The topological polar surface area (TPSA) is 12.9 Å². The maximum absolute atomic E-state index is 4.30. The molecule has 188 valence electrons. The van der Waals surface area contributed by atoms with Gasteiger partial charge in [-0.1, -0.05) is 117 Å². The van der Waals surface area contributed by atoms with Crippen molar-refractivity contribution in [2.45, 2.75) is 33.1 Å². The normalized spacial score (nSPS) is 12.1. The first-order valence-corrected chi connectivity index (χ1v) is 13.7. The molecule has 0 fully saturated rings. The maximum atomic E-state index is 4.30. The summed E-state index contributed by atoms with van der Waals surface area (Å²) >= 11 is 0. The lowest BCUT2D eigenvalue weighted by molar-refractivity contribution is 0.591. The van der Waals surface area contributed by atoms with E-state index in [1.807, 2.05) is 18.5 Å². The number of aromatic nitrogens is 1. The molecular formula is C38H31N. The van der Waals surface area contributed by atoms with E-state index in [0.717, 1.165) is 5.56 Å². The summed E-state index contributed by atoms with van der Waals surface area (Å²) in [5.74, 6) is 0. The predicted molar refractivity (Wildman–Crippen MR) is 168 cm³/mol. The fourth-order valence-corrected chi connectivity index (χ4v) is 5.93. The number of rotatable bonds is 3. The average Bonchev–Trinajstić information content (AvgIpc) is 2.96. The van der Waals surface area contributed by atoms with Crippen LogP contribution in [0.15, 0.2) is 116 Å². The van der Waals surface area contributed by atoms with Crippen LogP contribution in [0.3, 0.4) is 0 Å². The van der Waals surface area contributed by atoms with Crippen LogP contribution < -0.4 is 0 Å². The van der Waals surface area contributed by atoms with Crippen LogP contribution in [0.25, 0.3) is 65.7 Å². The van der Waals surface area contributed by atoms with E-state index < -0.39 is 0 Å². The van der Waals surface area contributed by atoms with Crippen LogP contribution in [0.4, 0.5) is 0 Å². The Labute approximate surface area is 230 Å². The molecule has 0 aliphatic heterocycles. The van der Waals surface area contributed by atoms with Gasteiger partial charge in [-0.3, -0.25) is 4.98 Å². The van der Waals surface area contributed by atoms with Crippen LogP contribution in [0.2, 0.25) is 0 Å². The van der Waals surface area contributed by atoms with Crippen molar-refractivity contribution in [3.8, 4) is 33.4 Å². The van der Waals surface area contributed by atoms with E-state index >= 15 is 0 Å². The molecule has 0 saturated heterocycles. The Bertz CT molecular complexity index is 1940. The van der Waals surface area contributed by atoms with Gasteiger partial charge in [0.1, 0.15) is 0 Å². The van der Waals surface area contributed by atoms with Crippen LogP contribution in [0.5, 0.6) is 0 Å². The summed E-state index contributed by atoms with van der Waals surface area (Å²) in [5, 5.41) is 7.96. The molecule has 0 radical (unpaired) electrons. The summed E-state index contributed by atoms with van der Waals surface area (Å²) in [4.78, 5) is 4.30. The summed E-state index contributed by atoms with van der Waals surface area (Å²) < 4.78 is 0. The molecule has 7 aromatic rings. The molecule has 1 aromatic heterocycles. The highest BCUT2D eigenvalue weighted by molar-refractivity contribution is 6.28. The molecule has 39 heavy (non-hydrogen) atoms. The molecule has 0 amide bonds. The monoisotopic (exact) mass is 501 g/mol. The standard InChI is InChI=1S/C38H31N/c1-24-7-9-26(10-8-24)34-22-35(27-13-11-25(12-14-27)30-6-5-19-39-23-30)33-18-16-29-21-31(38(2,3)4)20-28-15-17-32(34)37(33)36(28)29/h5-23H,1-4H3. The third kappa shape index (κ3) is 3.97. The van der Waals surface area contributed by atoms with Gasteiger partial charge in [-0.05, 0) is 95.7 Å². The first-order valence-electron chi connectivity index (χ1n) is 13.7. The average molecular weight is 502 g/mol. The molecule has 0 spiro atoms. The Morgan fingerprint density at radius 1 is 0.538 bits per heavy atom. The lowest BCUT2D eigenvalue weighted by Crippen LogP contribution is -2.10. The third-order valence-electron chi connectivity index (χ3n) is 8.14. The first-order chi connectivity index (χ1) is 18.9. The summed E-state index contributed by atoms with van der Waals surface area (Å²) in [6.07, 6.45) is 3.74. The zero-order valence-electron chi connectivity index (χ0n) is 22.9. The minimum absolute atomic E-state index is 0.0959. The highest BCUT2D eigenvalue weighted by Gasteiger charge is 2.20. The summed E-state index contributed by atoms with van der Waals surface area (Å²) in [6.45, 7) is 9.03. The van der Waals surface area contributed by atoms with Crippen molar-refractivity contribution in [2.24, 2.45) is 0 Å². The van der Waals surface area contributed by atoms with Crippen LogP contribution in [0, 0.1) is 6.92 Å². The largest absolute Gasteiger partial charge is 0.264 e. The number of benzene rings is 6. The van der Waals surface area contributed by atoms with E-state index in [9.17, 15) is 0 Å². The number of hydrogen-bond donors (Lipinski definition) is 0. The third-order valence-corrected chi connectivity index (χ3v) is 8.14. The van der Waals surface area contributed by atoms with Gasteiger partial charge in [-0.25, -0.2) is 0 Å². The second-order valence-corrected chi connectivity index (χ2v) is 11.8. The van der Waals surface area contributed by atoms with E-state index in [1.54, 1.807) is 0 Å². The molecule has 0 saturated carbocycles. The molecule has 0 atom stereocenters. The van der Waals surface area contributed by atoms with Crippen LogP contribution in [-0.2, 0) is 5.41 Å². The lowest BCUT2D eigenvalue weighted by Gasteiger charge is -2.23. The zero-order chi connectivity index (χ0) is 26.7. The van der Waals surface area contributed by atoms with Crippen molar-refractivity contribution in [1.29, 1.82) is 0 Å². The molecule has 1 heteroatoms. The van der Waals surface area contributed by atoms with Crippen molar-refractivity contribution >= 4 is 32.3 Å². The van der Waals surface area contributed by atoms with Gasteiger partial charge >= 0.3 is 0 Å². The molecule has 1 heterocycles. The predicted octanol–water partition coefficient (Wildman–Crippen LogP) is 10.6. The van der Waals surface area contributed by atoms with Crippen molar-refractivity contribution in [2.75, 3.05) is 0 Å². The number of aryl methyl sites for hydroxylation is 1. The van der Waals surface area contributed by atoms with Gasteiger partial charge < -0.3 is 0 Å². The molecule has 6 aromatic carbocycles. The number of nitrogens with zero attached hydrogens (tertiary/aromatic N) is 1. The van der Waals surface area contributed by atoms with Gasteiger partial charge in [-0.2, -0.15) is 0 Å². The highest BCUT2D eigenvalue weighted by Crippen LogP contribution is 2.45. The Morgan fingerprint density at radius 3 is 1.64 bits per heavy atom. The number of pyridine rings is 1. The van der Waals surface area contributed by atoms with Gasteiger partial charge in [0.15, 0.2) is 0 Å². The second kappa shape index (κ2) is 8.78. The molecule has 0 aliphatic carbocycles. The van der Waals surface area contributed by atoms with Gasteiger partial charge in [0.25, 0.3) is 0 Å². The number of hydrogen-bond acceptors (Lipinski definition) is 1. The van der Waals surface area contributed by atoms with E-state index in [1.165, 1.54) is 71.3 Å². The molecule has 0 bridgehead atoms. The van der Waals surface area contributed by atoms with Crippen molar-refractivity contribution in [3.05, 3.63) is 127 Å². The van der Waals surface area contributed by atoms with Crippen molar-refractivity contribution < 1.29 is 0 Å². The van der Waals surface area contributed by atoms with Crippen molar-refractivity contribution in [3.63, 3.8) is 0 Å². The Hall–Kier alpha value is -4.49. The van der Waals surface area contributed by atoms with E-state index in [4.69, 9.17) is 0 Å². The van der Waals surface area contributed by atoms with Crippen LogP contribution in [0.1, 0.15) is 31.9 Å². The van der Waals surface area contributed by atoms with Gasteiger partial charge in [0.05, 0.1) is 0 Å². The summed E-state index contributed by atoms with van der Waals surface area (Å²) in [6, 6.07) is 38.5. The lowest BCUT2D eigenvalue weighted by atomic mass is 9.81. The smallest absolute Gasteiger partial charge is 0.0346 e. The molecule has 0 aliphatic rings. The zero-order valence-corrected chi connectivity index (χ0v) is 22.9. The molecule has 0 N–H and O–H groups in total. The summed E-state index contributed by atoms with van der Waals surface area (Å²) in [5.41, 5.74) is 10.1. The van der Waals surface area contributed by atoms with Crippen molar-refractivity contribution in [1.82, 2.24) is 4.98 Å². The fraction of sp³-hybridized carbons (Fsp3) is 0.132. The molecule has 7 rings (SSSR count). The second-order valence-electron chi connectivity index (χ2n) is 11.8. The van der Waals surface area contributed by atoms with E-state index in [-0.39, 0.29) is 5.41 Å². The van der Waals surface area contributed by atoms with Gasteiger partial charge in [0, 0.05) is 12.4 Å². The Balaban J connectivity index is 1.53. The molecule has 0 unspecified atom stereocenters. The first kappa shape index (κ1) is 23.6. The quantitative estimate of drug-likeness (QED) is 0.219. The minimum Gasteiger partial charge on any atom is -0.264 e. The van der Waals surface area contributed by atoms with E-state index in [0.29, 0.717) is 0 Å². The van der Waals surface area contributed by atoms with Crippen LogP contribution in [-0.4, -0.2) is 4.98 Å². The molecular weight excluding hydrogens is 470 g/mol. The van der Waals surface area contributed by atoms with E-state index in [2.05, 4.69) is 130 Å². The van der Waals surface area contributed by atoms with Crippen LogP contribution >= 0.6 is 0 Å². The molecule has 1 nitrogen and oxygen atoms in total. The van der Waals surface area contributed by atoms with Gasteiger partial charge in [0.2, 0.25) is 0 Å². The van der Waals surface area contributed by atoms with Gasteiger partial charge in [-0.15, -0.1) is 0 Å². The Kier molecular flexibility index (Phi) is 5.32.